The third-order valence-electron chi connectivity index (χ3n) is 1.77. The molecule has 1 rings (SSSR count). The van der Waals surface area contributed by atoms with E-state index in [4.69, 9.17) is 17.2 Å². The summed E-state index contributed by atoms with van der Waals surface area (Å²) in [6, 6.07) is 0.0873. The number of rotatable bonds is 2. The van der Waals surface area contributed by atoms with E-state index in [0.29, 0.717) is 0 Å². The van der Waals surface area contributed by atoms with Gasteiger partial charge in [-0.1, -0.05) is 0 Å². The first-order valence-electron chi connectivity index (χ1n) is 4.49. The Morgan fingerprint density at radius 2 is 1.79 bits per heavy atom. The van der Waals surface area contributed by atoms with Gasteiger partial charge in [0.1, 0.15) is 0 Å². The zero-order chi connectivity index (χ0) is 14.7. The average Bonchev–Trinajstić information content (AvgIpc) is 2.24. The molecule has 19 heavy (non-hydrogen) atoms. The highest BCUT2D eigenvalue weighted by molar-refractivity contribution is 5.94. The summed E-state index contributed by atoms with van der Waals surface area (Å²) in [5.41, 5.74) is 12.4. The van der Waals surface area contributed by atoms with Crippen molar-refractivity contribution in [3.8, 4) is 0 Å². The highest BCUT2D eigenvalue weighted by Gasteiger charge is 2.28. The molecule has 0 saturated carbocycles. The van der Waals surface area contributed by atoms with Gasteiger partial charge < -0.3 is 17.2 Å². The molecular formula is C8H7F3N6O2. The highest BCUT2D eigenvalue weighted by Crippen LogP contribution is 2.34. The van der Waals surface area contributed by atoms with Crippen molar-refractivity contribution in [2.45, 2.75) is 0 Å². The van der Waals surface area contributed by atoms with Gasteiger partial charge in [0.2, 0.25) is 11.8 Å². The maximum absolute atomic E-state index is 13.4. The number of guanidine groups is 2. The van der Waals surface area contributed by atoms with E-state index < -0.39 is 45.7 Å². The molecule has 102 valence electrons. The minimum Gasteiger partial charge on any atom is -0.370 e. The molecular weight excluding hydrogens is 269 g/mol. The van der Waals surface area contributed by atoms with Crippen LogP contribution in [0.25, 0.3) is 0 Å². The molecule has 0 saturated heterocycles. The summed E-state index contributed by atoms with van der Waals surface area (Å²) in [4.78, 5) is 15.5. The van der Waals surface area contributed by atoms with Gasteiger partial charge in [-0.2, -0.15) is 9.38 Å². The van der Waals surface area contributed by atoms with Crippen LogP contribution < -0.4 is 17.2 Å². The molecule has 6 N–H and O–H groups in total. The minimum absolute atomic E-state index is 0.0873. The lowest BCUT2D eigenvalue weighted by molar-refractivity contribution is -0.387. The first kappa shape index (κ1) is 14.2. The third kappa shape index (κ3) is 3.08. The molecule has 0 spiro atoms. The van der Waals surface area contributed by atoms with Gasteiger partial charge in [-0.05, 0) is 0 Å². The second-order valence-corrected chi connectivity index (χ2v) is 3.12. The van der Waals surface area contributed by atoms with Gasteiger partial charge in [0, 0.05) is 6.07 Å². The minimum atomic E-state index is -1.87. The Balaban J connectivity index is 3.55. The third-order valence-corrected chi connectivity index (χ3v) is 1.77. The Hall–Kier alpha value is -2.85. The van der Waals surface area contributed by atoms with Gasteiger partial charge in [0.05, 0.1) is 4.92 Å². The number of benzene rings is 1. The summed E-state index contributed by atoms with van der Waals surface area (Å²) in [5, 5.41) is 10.6. The zero-order valence-corrected chi connectivity index (χ0v) is 9.10. The molecule has 0 aliphatic rings. The first-order chi connectivity index (χ1) is 8.73. The summed E-state index contributed by atoms with van der Waals surface area (Å²) in [6.07, 6.45) is 0. The Bertz CT molecular complexity index is 597. The number of hydrogen-bond donors (Lipinski definition) is 3. The van der Waals surface area contributed by atoms with Crippen molar-refractivity contribution in [1.29, 1.82) is 0 Å². The van der Waals surface area contributed by atoms with Crippen molar-refractivity contribution < 1.29 is 18.1 Å². The van der Waals surface area contributed by atoms with Crippen molar-refractivity contribution >= 4 is 23.3 Å². The monoisotopic (exact) mass is 276 g/mol. The molecule has 0 bridgehead atoms. The number of aliphatic imine (C=N–C) groups is 2. The molecule has 0 unspecified atom stereocenters. The smallest absolute Gasteiger partial charge is 0.336 e. The Morgan fingerprint density at radius 1 is 1.21 bits per heavy atom. The van der Waals surface area contributed by atoms with Crippen LogP contribution in [0.5, 0.6) is 0 Å². The fourth-order valence-corrected chi connectivity index (χ4v) is 1.12. The Morgan fingerprint density at radius 3 is 2.26 bits per heavy atom. The normalized spacial score (nSPS) is 11.2. The number of nitro groups is 1. The average molecular weight is 276 g/mol. The van der Waals surface area contributed by atoms with E-state index in [9.17, 15) is 23.3 Å². The summed E-state index contributed by atoms with van der Waals surface area (Å²) in [7, 11) is 0. The quantitative estimate of drug-likeness (QED) is 0.232. The van der Waals surface area contributed by atoms with Crippen molar-refractivity contribution in [2.24, 2.45) is 27.2 Å². The van der Waals surface area contributed by atoms with Crippen molar-refractivity contribution in [1.82, 2.24) is 0 Å². The molecule has 0 atom stereocenters. The molecule has 0 aromatic heterocycles. The van der Waals surface area contributed by atoms with Crippen LogP contribution in [0.1, 0.15) is 0 Å². The van der Waals surface area contributed by atoms with Crippen LogP contribution in [0.4, 0.5) is 24.5 Å². The molecule has 11 heteroatoms. The van der Waals surface area contributed by atoms with E-state index in [1.54, 1.807) is 0 Å². The Kier molecular flexibility index (Phi) is 3.89. The molecule has 0 aliphatic carbocycles. The van der Waals surface area contributed by atoms with Crippen LogP contribution >= 0.6 is 0 Å². The van der Waals surface area contributed by atoms with Gasteiger partial charge in [-0.3, -0.25) is 10.1 Å². The molecule has 0 fully saturated rings. The van der Waals surface area contributed by atoms with Gasteiger partial charge in [0.25, 0.3) is 0 Å². The summed E-state index contributed by atoms with van der Waals surface area (Å²) in [6.45, 7) is 0. The van der Waals surface area contributed by atoms with Gasteiger partial charge in [-0.25, -0.2) is 13.8 Å². The standard InChI is InChI=1S/C8H7F3N6O2/c9-2-1-3(10)5(6(4(2)11)17(18)19)15-8(14)16-7(12)13/h1H,(H6,12,13,14,15,16). The molecule has 0 amide bonds. The van der Waals surface area contributed by atoms with Crippen LogP contribution in [0.2, 0.25) is 0 Å². The topological polar surface area (TPSA) is 146 Å². The predicted octanol–water partition coefficient (Wildman–Crippen LogP) is 0.232. The van der Waals surface area contributed by atoms with Crippen molar-refractivity contribution in [3.05, 3.63) is 33.6 Å². The number of hydrogen-bond acceptors (Lipinski definition) is 3. The molecule has 0 aliphatic heterocycles. The Labute approximate surface area is 103 Å². The molecule has 0 radical (unpaired) electrons. The lowest BCUT2D eigenvalue weighted by Crippen LogP contribution is -2.26. The van der Waals surface area contributed by atoms with E-state index in [-0.39, 0.29) is 6.07 Å². The lowest BCUT2D eigenvalue weighted by atomic mass is 10.2. The summed E-state index contributed by atoms with van der Waals surface area (Å²) < 4.78 is 39.5. The maximum Gasteiger partial charge on any atom is 0.336 e. The van der Waals surface area contributed by atoms with Crippen molar-refractivity contribution in [3.63, 3.8) is 0 Å². The number of halogens is 3. The summed E-state index contributed by atoms with van der Waals surface area (Å²) in [5.74, 6) is -6.40. The first-order valence-corrected chi connectivity index (χ1v) is 4.49. The van der Waals surface area contributed by atoms with Gasteiger partial charge in [0.15, 0.2) is 23.3 Å². The lowest BCUT2D eigenvalue weighted by Gasteiger charge is -2.02. The van der Waals surface area contributed by atoms with Crippen LogP contribution in [0, 0.1) is 27.6 Å². The van der Waals surface area contributed by atoms with E-state index in [0.717, 1.165) is 0 Å². The van der Waals surface area contributed by atoms with Crippen molar-refractivity contribution in [2.75, 3.05) is 0 Å². The number of nitro benzene ring substituents is 1. The van der Waals surface area contributed by atoms with Gasteiger partial charge in [-0.15, -0.1) is 0 Å². The second-order valence-electron chi connectivity index (χ2n) is 3.12. The fourth-order valence-electron chi connectivity index (χ4n) is 1.12. The zero-order valence-electron chi connectivity index (χ0n) is 9.10. The van der Waals surface area contributed by atoms with E-state index in [1.165, 1.54) is 0 Å². The largest absolute Gasteiger partial charge is 0.370 e. The fraction of sp³-hybridized carbons (Fsp3) is 0. The van der Waals surface area contributed by atoms with Crippen LogP contribution in [-0.4, -0.2) is 16.8 Å². The highest BCUT2D eigenvalue weighted by atomic mass is 19.2. The van der Waals surface area contributed by atoms with Crippen LogP contribution in [-0.2, 0) is 0 Å². The van der Waals surface area contributed by atoms with Crippen LogP contribution in [0.3, 0.4) is 0 Å². The maximum atomic E-state index is 13.4. The molecule has 8 nitrogen and oxygen atoms in total. The molecule has 0 heterocycles. The van der Waals surface area contributed by atoms with E-state index >= 15 is 0 Å². The molecule has 1 aromatic carbocycles. The number of nitrogens with two attached hydrogens (primary N) is 3. The van der Waals surface area contributed by atoms with E-state index in [1.807, 2.05) is 0 Å². The SMILES string of the molecule is NC(N)=NC(N)=Nc1c(F)cc(F)c(F)c1[N+](=O)[O-]. The number of nitrogens with zero attached hydrogens (tertiary/aromatic N) is 3. The van der Waals surface area contributed by atoms with Gasteiger partial charge >= 0.3 is 5.69 Å². The molecule has 1 aromatic rings. The second kappa shape index (κ2) is 5.20. The predicted molar refractivity (Wildman–Crippen MR) is 60.1 cm³/mol. The van der Waals surface area contributed by atoms with Crippen LogP contribution in [0.15, 0.2) is 16.1 Å². The summed E-state index contributed by atoms with van der Waals surface area (Å²) >= 11 is 0. The van der Waals surface area contributed by atoms with E-state index in [2.05, 4.69) is 9.98 Å².